The lowest BCUT2D eigenvalue weighted by molar-refractivity contribution is -0.121. The van der Waals surface area contributed by atoms with Gasteiger partial charge in [0.2, 0.25) is 5.91 Å². The van der Waals surface area contributed by atoms with E-state index in [9.17, 15) is 4.79 Å². The number of aryl methyl sites for hydroxylation is 1. The van der Waals surface area contributed by atoms with Crippen molar-refractivity contribution in [3.63, 3.8) is 0 Å². The van der Waals surface area contributed by atoms with Crippen LogP contribution in [0.3, 0.4) is 0 Å². The molecule has 0 aliphatic carbocycles. The molecule has 0 aromatic heterocycles. The van der Waals surface area contributed by atoms with Crippen molar-refractivity contribution in [1.82, 2.24) is 10.6 Å². The molecule has 1 amide bonds. The van der Waals surface area contributed by atoms with Crippen LogP contribution in [0.1, 0.15) is 24.8 Å². The smallest absolute Gasteiger partial charge is 0.220 e. The van der Waals surface area contributed by atoms with E-state index < -0.39 is 0 Å². The van der Waals surface area contributed by atoms with Crippen LogP contribution < -0.4 is 20.1 Å². The third-order valence-electron chi connectivity index (χ3n) is 4.13. The van der Waals surface area contributed by atoms with Crippen molar-refractivity contribution < 1.29 is 14.3 Å². The van der Waals surface area contributed by atoms with Gasteiger partial charge in [-0.2, -0.15) is 0 Å². The highest BCUT2D eigenvalue weighted by molar-refractivity contribution is 5.85. The van der Waals surface area contributed by atoms with Crippen LogP contribution >= 0.6 is 12.4 Å². The molecule has 1 aliphatic rings. The predicted octanol–water partition coefficient (Wildman–Crippen LogP) is 2.17. The summed E-state index contributed by atoms with van der Waals surface area (Å²) in [4.78, 5) is 11.9. The number of carbonyl (C=O) groups is 1. The SMILES string of the molecule is COc1ccc(CCC(=O)NCCC2CCNC2)cc1OC.Cl. The lowest BCUT2D eigenvalue weighted by Gasteiger charge is -2.11. The number of rotatable bonds is 8. The topological polar surface area (TPSA) is 59.6 Å². The van der Waals surface area contributed by atoms with Gasteiger partial charge in [-0.05, 0) is 56.0 Å². The van der Waals surface area contributed by atoms with Gasteiger partial charge in [-0.3, -0.25) is 4.79 Å². The van der Waals surface area contributed by atoms with Crippen molar-refractivity contribution >= 4 is 18.3 Å². The number of hydrogen-bond acceptors (Lipinski definition) is 4. The van der Waals surface area contributed by atoms with Crippen LogP contribution in [0.4, 0.5) is 0 Å². The van der Waals surface area contributed by atoms with Crippen LogP contribution in [-0.4, -0.2) is 39.8 Å². The van der Waals surface area contributed by atoms with Crippen LogP contribution in [0.5, 0.6) is 11.5 Å². The zero-order chi connectivity index (χ0) is 15.8. The van der Waals surface area contributed by atoms with Crippen molar-refractivity contribution in [2.75, 3.05) is 33.9 Å². The fourth-order valence-corrected chi connectivity index (χ4v) is 2.76. The second kappa shape index (κ2) is 10.3. The summed E-state index contributed by atoms with van der Waals surface area (Å²) in [6.07, 6.45) is 3.49. The van der Waals surface area contributed by atoms with Gasteiger partial charge in [0, 0.05) is 13.0 Å². The number of carbonyl (C=O) groups excluding carboxylic acids is 1. The van der Waals surface area contributed by atoms with Gasteiger partial charge in [0.15, 0.2) is 11.5 Å². The lowest BCUT2D eigenvalue weighted by Crippen LogP contribution is -2.26. The minimum absolute atomic E-state index is 0. The molecule has 1 aromatic rings. The first-order valence-electron chi connectivity index (χ1n) is 7.91. The Labute approximate surface area is 144 Å². The minimum Gasteiger partial charge on any atom is -0.493 e. The Hall–Kier alpha value is -1.46. The van der Waals surface area contributed by atoms with Crippen molar-refractivity contribution in [3.8, 4) is 11.5 Å². The average molecular weight is 343 g/mol. The third kappa shape index (κ3) is 6.28. The molecule has 6 heteroatoms. The highest BCUT2D eigenvalue weighted by Gasteiger charge is 2.14. The first-order chi connectivity index (χ1) is 10.7. The Balaban J connectivity index is 0.00000264. The Morgan fingerprint density at radius 2 is 2.09 bits per heavy atom. The van der Waals surface area contributed by atoms with Crippen LogP contribution in [0.2, 0.25) is 0 Å². The Morgan fingerprint density at radius 3 is 2.74 bits per heavy atom. The molecule has 0 bridgehead atoms. The molecular weight excluding hydrogens is 316 g/mol. The summed E-state index contributed by atoms with van der Waals surface area (Å²) in [5, 5.41) is 6.35. The summed E-state index contributed by atoms with van der Waals surface area (Å²) in [5.74, 6) is 2.24. The quantitative estimate of drug-likeness (QED) is 0.760. The van der Waals surface area contributed by atoms with Gasteiger partial charge in [0.25, 0.3) is 0 Å². The zero-order valence-corrected chi connectivity index (χ0v) is 14.7. The number of amides is 1. The van der Waals surface area contributed by atoms with Crippen molar-refractivity contribution in [2.45, 2.75) is 25.7 Å². The summed E-state index contributed by atoms with van der Waals surface area (Å²) < 4.78 is 10.5. The average Bonchev–Trinajstić information content (AvgIpc) is 3.06. The molecule has 1 aliphatic heterocycles. The number of nitrogens with one attached hydrogen (secondary N) is 2. The van der Waals surface area contributed by atoms with E-state index in [4.69, 9.17) is 9.47 Å². The van der Waals surface area contributed by atoms with E-state index in [0.29, 0.717) is 30.3 Å². The summed E-state index contributed by atoms with van der Waals surface area (Å²) >= 11 is 0. The number of benzene rings is 1. The molecule has 2 rings (SSSR count). The van der Waals surface area contributed by atoms with Crippen LogP contribution in [-0.2, 0) is 11.2 Å². The molecule has 23 heavy (non-hydrogen) atoms. The van der Waals surface area contributed by atoms with Gasteiger partial charge in [0.05, 0.1) is 14.2 Å². The Morgan fingerprint density at radius 1 is 1.30 bits per heavy atom. The van der Waals surface area contributed by atoms with Crippen molar-refractivity contribution in [1.29, 1.82) is 0 Å². The van der Waals surface area contributed by atoms with Crippen molar-refractivity contribution in [2.24, 2.45) is 5.92 Å². The Kier molecular flexibility index (Phi) is 8.81. The van der Waals surface area contributed by atoms with Gasteiger partial charge in [-0.1, -0.05) is 6.07 Å². The summed E-state index contributed by atoms with van der Waals surface area (Å²) in [5.41, 5.74) is 1.08. The van der Waals surface area contributed by atoms with E-state index in [1.54, 1.807) is 14.2 Å². The van der Waals surface area contributed by atoms with E-state index in [2.05, 4.69) is 10.6 Å². The van der Waals surface area contributed by atoms with Gasteiger partial charge < -0.3 is 20.1 Å². The summed E-state index contributed by atoms with van der Waals surface area (Å²) in [7, 11) is 3.23. The molecule has 5 nitrogen and oxygen atoms in total. The minimum atomic E-state index is 0. The maximum absolute atomic E-state index is 11.9. The van der Waals surface area contributed by atoms with Crippen LogP contribution in [0, 0.1) is 5.92 Å². The fraction of sp³-hybridized carbons (Fsp3) is 0.588. The molecule has 130 valence electrons. The number of halogens is 1. The van der Waals surface area contributed by atoms with Crippen LogP contribution in [0.25, 0.3) is 0 Å². The van der Waals surface area contributed by atoms with Gasteiger partial charge in [-0.15, -0.1) is 12.4 Å². The molecule has 0 saturated carbocycles. The number of hydrogen-bond donors (Lipinski definition) is 2. The fourth-order valence-electron chi connectivity index (χ4n) is 2.76. The summed E-state index contributed by atoms with van der Waals surface area (Å²) in [6, 6.07) is 5.77. The van der Waals surface area contributed by atoms with Crippen molar-refractivity contribution in [3.05, 3.63) is 23.8 Å². The van der Waals surface area contributed by atoms with Gasteiger partial charge in [0.1, 0.15) is 0 Å². The van der Waals surface area contributed by atoms with E-state index in [-0.39, 0.29) is 18.3 Å². The lowest BCUT2D eigenvalue weighted by atomic mass is 10.1. The molecule has 1 fully saturated rings. The largest absolute Gasteiger partial charge is 0.493 e. The zero-order valence-electron chi connectivity index (χ0n) is 13.9. The molecule has 0 spiro atoms. The molecule has 0 radical (unpaired) electrons. The number of methoxy groups -OCH3 is 2. The van der Waals surface area contributed by atoms with E-state index in [1.807, 2.05) is 18.2 Å². The molecule has 1 unspecified atom stereocenters. The Bertz CT molecular complexity index is 491. The third-order valence-corrected chi connectivity index (χ3v) is 4.13. The van der Waals surface area contributed by atoms with Gasteiger partial charge in [-0.25, -0.2) is 0 Å². The molecular formula is C17H27ClN2O3. The summed E-state index contributed by atoms with van der Waals surface area (Å²) in [6.45, 7) is 2.97. The van der Waals surface area contributed by atoms with E-state index >= 15 is 0 Å². The molecule has 1 aromatic carbocycles. The maximum atomic E-state index is 11.9. The standard InChI is InChI=1S/C17H26N2O3.ClH/c1-21-15-5-3-13(11-16(15)22-2)4-6-17(20)19-10-8-14-7-9-18-12-14;/h3,5,11,14,18H,4,6-10,12H2,1-2H3,(H,19,20);1H. The highest BCUT2D eigenvalue weighted by Crippen LogP contribution is 2.27. The first-order valence-corrected chi connectivity index (χ1v) is 7.91. The molecule has 1 saturated heterocycles. The van der Waals surface area contributed by atoms with E-state index in [1.165, 1.54) is 6.42 Å². The first kappa shape index (κ1) is 19.6. The predicted molar refractivity (Wildman–Crippen MR) is 93.7 cm³/mol. The van der Waals surface area contributed by atoms with E-state index in [0.717, 1.165) is 31.6 Å². The highest BCUT2D eigenvalue weighted by atomic mass is 35.5. The number of ether oxygens (including phenoxy) is 2. The normalized spacial score (nSPS) is 16.5. The monoisotopic (exact) mass is 342 g/mol. The maximum Gasteiger partial charge on any atom is 0.220 e. The molecule has 1 heterocycles. The van der Waals surface area contributed by atoms with Crippen LogP contribution in [0.15, 0.2) is 18.2 Å². The molecule has 2 N–H and O–H groups in total. The molecule has 1 atom stereocenters. The second-order valence-electron chi connectivity index (χ2n) is 5.69. The second-order valence-corrected chi connectivity index (χ2v) is 5.69. The van der Waals surface area contributed by atoms with Gasteiger partial charge >= 0.3 is 0 Å².